The quantitative estimate of drug-likeness (QED) is 0.747. The second-order valence-corrected chi connectivity index (χ2v) is 7.58. The minimum absolute atomic E-state index is 0.404. The minimum Gasteiger partial charge on any atom is -0.315 e. The molecule has 0 saturated heterocycles. The molecule has 108 valence electrons. The summed E-state index contributed by atoms with van der Waals surface area (Å²) in [5, 5.41) is 4.81. The molecule has 0 unspecified atom stereocenters. The fraction of sp³-hybridized carbons (Fsp3) is 0.667. The summed E-state index contributed by atoms with van der Waals surface area (Å²) < 4.78 is 27.1. The van der Waals surface area contributed by atoms with Crippen LogP contribution in [-0.4, -0.2) is 46.5 Å². The number of likely N-dealkylation sites (N-methyl/N-ethyl adjacent to an activating group) is 1. The van der Waals surface area contributed by atoms with Gasteiger partial charge < -0.3 is 10.2 Å². The van der Waals surface area contributed by atoms with Gasteiger partial charge in [0, 0.05) is 30.6 Å². The molecule has 1 aliphatic carbocycles. The molecule has 2 N–H and O–H groups in total. The van der Waals surface area contributed by atoms with Crippen LogP contribution in [0.3, 0.4) is 0 Å². The van der Waals surface area contributed by atoms with Crippen molar-refractivity contribution < 1.29 is 8.42 Å². The third-order valence-electron chi connectivity index (χ3n) is 3.26. The summed E-state index contributed by atoms with van der Waals surface area (Å²) in [5.41, 5.74) is 0. The van der Waals surface area contributed by atoms with Gasteiger partial charge in [0.15, 0.2) is 0 Å². The molecule has 0 bridgehead atoms. The average molecular weight is 303 g/mol. The molecule has 1 aromatic rings. The summed E-state index contributed by atoms with van der Waals surface area (Å²) in [6.45, 7) is 1.80. The van der Waals surface area contributed by atoms with E-state index in [0.717, 1.165) is 11.4 Å². The first-order valence-electron chi connectivity index (χ1n) is 6.45. The lowest BCUT2D eigenvalue weighted by Crippen LogP contribution is -2.34. The molecule has 0 spiro atoms. The van der Waals surface area contributed by atoms with Crippen molar-refractivity contribution in [2.45, 2.75) is 30.3 Å². The maximum atomic E-state index is 12.2. The van der Waals surface area contributed by atoms with E-state index >= 15 is 0 Å². The number of rotatable bonds is 8. The summed E-state index contributed by atoms with van der Waals surface area (Å²) in [6.07, 6.45) is 2.47. The van der Waals surface area contributed by atoms with Crippen LogP contribution in [0.25, 0.3) is 0 Å². The average Bonchev–Trinajstić information content (AvgIpc) is 3.09. The maximum absolute atomic E-state index is 12.2. The van der Waals surface area contributed by atoms with Crippen molar-refractivity contribution in [3.05, 3.63) is 16.3 Å². The molecule has 0 amide bonds. The van der Waals surface area contributed by atoms with Crippen molar-refractivity contribution in [1.82, 2.24) is 14.9 Å². The Morgan fingerprint density at radius 1 is 1.47 bits per heavy atom. The van der Waals surface area contributed by atoms with E-state index in [1.54, 1.807) is 6.07 Å². The van der Waals surface area contributed by atoms with Gasteiger partial charge in [0.1, 0.15) is 0 Å². The molecule has 1 saturated carbocycles. The van der Waals surface area contributed by atoms with E-state index in [1.807, 2.05) is 19.5 Å². The number of nitrogens with zero attached hydrogens (tertiary/aromatic N) is 1. The Morgan fingerprint density at radius 2 is 2.21 bits per heavy atom. The topological polar surface area (TPSA) is 61.4 Å². The van der Waals surface area contributed by atoms with Crippen LogP contribution in [0.2, 0.25) is 0 Å². The van der Waals surface area contributed by atoms with Crippen molar-refractivity contribution in [3.8, 4) is 0 Å². The Morgan fingerprint density at radius 3 is 2.84 bits per heavy atom. The number of thiophene rings is 1. The molecule has 1 aromatic heterocycles. The van der Waals surface area contributed by atoms with Crippen LogP contribution in [0.5, 0.6) is 0 Å². The van der Waals surface area contributed by atoms with Crippen molar-refractivity contribution in [2.24, 2.45) is 0 Å². The van der Waals surface area contributed by atoms with Gasteiger partial charge in [-0.3, -0.25) is 0 Å². The van der Waals surface area contributed by atoms with E-state index in [1.165, 1.54) is 24.2 Å². The highest BCUT2D eigenvalue weighted by Crippen LogP contribution is 2.25. The largest absolute Gasteiger partial charge is 0.315 e. The van der Waals surface area contributed by atoms with Crippen molar-refractivity contribution in [2.75, 3.05) is 27.2 Å². The number of hydrogen-bond donors (Lipinski definition) is 2. The van der Waals surface area contributed by atoms with Crippen LogP contribution in [0.1, 0.15) is 17.7 Å². The van der Waals surface area contributed by atoms with Gasteiger partial charge in [-0.25, -0.2) is 13.1 Å². The molecule has 0 atom stereocenters. The van der Waals surface area contributed by atoms with Crippen molar-refractivity contribution in [1.29, 1.82) is 0 Å². The lowest BCUT2D eigenvalue weighted by molar-refractivity contribution is 0.329. The van der Waals surface area contributed by atoms with Crippen molar-refractivity contribution in [3.63, 3.8) is 0 Å². The molecule has 7 heteroatoms. The smallest absolute Gasteiger partial charge is 0.241 e. The zero-order valence-electron chi connectivity index (χ0n) is 11.3. The van der Waals surface area contributed by atoms with Crippen LogP contribution in [-0.2, 0) is 16.6 Å². The molecule has 2 rings (SSSR count). The van der Waals surface area contributed by atoms with E-state index in [2.05, 4.69) is 14.9 Å². The van der Waals surface area contributed by atoms with E-state index in [-0.39, 0.29) is 0 Å². The summed E-state index contributed by atoms with van der Waals surface area (Å²) in [4.78, 5) is 3.47. The van der Waals surface area contributed by atoms with Gasteiger partial charge in [0.2, 0.25) is 10.0 Å². The number of sulfonamides is 1. The fourth-order valence-electron chi connectivity index (χ4n) is 1.99. The van der Waals surface area contributed by atoms with E-state index in [9.17, 15) is 8.42 Å². The highest BCUT2D eigenvalue weighted by molar-refractivity contribution is 7.89. The Hall–Kier alpha value is -0.470. The molecule has 1 fully saturated rings. The minimum atomic E-state index is -3.38. The second-order valence-electron chi connectivity index (χ2n) is 4.85. The molecule has 0 radical (unpaired) electrons. The predicted octanol–water partition coefficient (Wildman–Crippen LogP) is 0.840. The third-order valence-corrected chi connectivity index (χ3v) is 5.85. The molecule has 0 aromatic carbocycles. The Bertz CT molecular complexity index is 509. The first-order valence-corrected chi connectivity index (χ1v) is 8.82. The van der Waals surface area contributed by atoms with Crippen LogP contribution < -0.4 is 10.0 Å². The zero-order chi connectivity index (χ0) is 13.9. The standard InChI is InChI=1S/C12H21N3O2S2/c1-13-9-11-12(5-8-18-11)19(16,17)14-6-7-15(2)10-3-4-10/h5,8,10,13-14H,3-4,6-7,9H2,1-2H3. The van der Waals surface area contributed by atoms with Gasteiger partial charge >= 0.3 is 0 Å². The third kappa shape index (κ3) is 4.00. The number of hydrogen-bond acceptors (Lipinski definition) is 5. The Balaban J connectivity index is 1.91. The predicted molar refractivity (Wildman–Crippen MR) is 77.9 cm³/mol. The van der Waals surface area contributed by atoms with Gasteiger partial charge in [0.25, 0.3) is 0 Å². The lowest BCUT2D eigenvalue weighted by Gasteiger charge is -2.15. The summed E-state index contributed by atoms with van der Waals surface area (Å²) in [5.74, 6) is 0. The van der Waals surface area contributed by atoms with Crippen LogP contribution in [0.15, 0.2) is 16.3 Å². The Labute approximate surface area is 119 Å². The van der Waals surface area contributed by atoms with Crippen LogP contribution in [0, 0.1) is 0 Å². The molecule has 0 aliphatic heterocycles. The van der Waals surface area contributed by atoms with Gasteiger partial charge in [0.05, 0.1) is 4.90 Å². The van der Waals surface area contributed by atoms with Gasteiger partial charge in [-0.15, -0.1) is 11.3 Å². The molecule has 1 heterocycles. The van der Waals surface area contributed by atoms with Gasteiger partial charge in [-0.05, 0) is 38.4 Å². The van der Waals surface area contributed by atoms with Gasteiger partial charge in [-0.1, -0.05) is 0 Å². The van der Waals surface area contributed by atoms with E-state index < -0.39 is 10.0 Å². The normalized spacial score (nSPS) is 16.2. The molecular formula is C12H21N3O2S2. The summed E-state index contributed by atoms with van der Waals surface area (Å²) >= 11 is 1.46. The molecule has 5 nitrogen and oxygen atoms in total. The SMILES string of the molecule is CNCc1sccc1S(=O)(=O)NCCN(C)C1CC1. The lowest BCUT2D eigenvalue weighted by atomic mass is 10.5. The highest BCUT2D eigenvalue weighted by Gasteiger charge is 2.26. The highest BCUT2D eigenvalue weighted by atomic mass is 32.2. The molecule has 1 aliphatic rings. The zero-order valence-corrected chi connectivity index (χ0v) is 13.0. The van der Waals surface area contributed by atoms with Crippen LogP contribution >= 0.6 is 11.3 Å². The number of nitrogens with one attached hydrogen (secondary N) is 2. The van der Waals surface area contributed by atoms with Gasteiger partial charge in [-0.2, -0.15) is 0 Å². The second kappa shape index (κ2) is 6.32. The van der Waals surface area contributed by atoms with Crippen molar-refractivity contribution >= 4 is 21.4 Å². The molecule has 19 heavy (non-hydrogen) atoms. The van der Waals surface area contributed by atoms with E-state index in [0.29, 0.717) is 24.0 Å². The Kier molecular flexibility index (Phi) is 4.97. The first kappa shape index (κ1) is 14.9. The maximum Gasteiger partial charge on any atom is 0.241 e. The van der Waals surface area contributed by atoms with Crippen LogP contribution in [0.4, 0.5) is 0 Å². The summed E-state index contributed by atoms with van der Waals surface area (Å²) in [7, 11) is 0.481. The monoisotopic (exact) mass is 303 g/mol. The summed E-state index contributed by atoms with van der Waals surface area (Å²) in [6, 6.07) is 2.33. The fourth-order valence-corrected chi connectivity index (χ4v) is 4.46. The molecular weight excluding hydrogens is 282 g/mol. The first-order chi connectivity index (χ1) is 9.04. The van der Waals surface area contributed by atoms with E-state index in [4.69, 9.17) is 0 Å².